The van der Waals surface area contributed by atoms with Gasteiger partial charge >= 0.3 is 5.97 Å². The van der Waals surface area contributed by atoms with Crippen LogP contribution in [0.1, 0.15) is 12.8 Å². The summed E-state index contributed by atoms with van der Waals surface area (Å²) in [5, 5.41) is 3.17. The lowest BCUT2D eigenvalue weighted by Gasteiger charge is -2.21. The molecule has 1 heterocycles. The highest BCUT2D eigenvalue weighted by molar-refractivity contribution is 7.99. The van der Waals surface area contributed by atoms with Gasteiger partial charge in [0.05, 0.1) is 6.61 Å². The summed E-state index contributed by atoms with van der Waals surface area (Å²) < 4.78 is 5.19. The van der Waals surface area contributed by atoms with Crippen LogP contribution in [0.2, 0.25) is 0 Å². The maximum atomic E-state index is 11.4. The number of hydrogen-bond acceptors (Lipinski definition) is 4. The number of carbonyl (C=O) groups is 1. The molecule has 0 spiro atoms. The Balaban J connectivity index is 1.67. The smallest absolute Gasteiger partial charge is 0.324 e. The SMILES string of the molecule is O=C(OCC1CC1)C1CSCCN1. The van der Waals surface area contributed by atoms with Crippen molar-refractivity contribution in [2.24, 2.45) is 5.92 Å². The minimum atomic E-state index is -0.0579. The molecule has 1 saturated heterocycles. The number of hydrogen-bond donors (Lipinski definition) is 1. The molecule has 2 fully saturated rings. The van der Waals surface area contributed by atoms with Crippen LogP contribution in [-0.2, 0) is 9.53 Å². The molecule has 2 aliphatic rings. The fourth-order valence-electron chi connectivity index (χ4n) is 1.30. The van der Waals surface area contributed by atoms with Gasteiger partial charge in [-0.3, -0.25) is 4.79 Å². The van der Waals surface area contributed by atoms with Crippen molar-refractivity contribution in [3.05, 3.63) is 0 Å². The van der Waals surface area contributed by atoms with Crippen LogP contribution in [0.3, 0.4) is 0 Å². The second-order valence-electron chi connectivity index (χ2n) is 3.66. The van der Waals surface area contributed by atoms with Crippen LogP contribution >= 0.6 is 11.8 Å². The van der Waals surface area contributed by atoms with Gasteiger partial charge in [-0.15, -0.1) is 0 Å². The molecule has 0 aromatic rings. The second-order valence-corrected chi connectivity index (χ2v) is 4.80. The highest BCUT2D eigenvalue weighted by atomic mass is 32.2. The molecule has 0 amide bonds. The van der Waals surface area contributed by atoms with Gasteiger partial charge in [-0.1, -0.05) is 0 Å². The maximum absolute atomic E-state index is 11.4. The van der Waals surface area contributed by atoms with E-state index in [9.17, 15) is 4.79 Å². The van der Waals surface area contributed by atoms with E-state index in [4.69, 9.17) is 4.74 Å². The lowest BCUT2D eigenvalue weighted by Crippen LogP contribution is -2.44. The third-order valence-electron chi connectivity index (χ3n) is 2.36. The van der Waals surface area contributed by atoms with E-state index in [2.05, 4.69) is 5.32 Å². The molecule has 0 aromatic heterocycles. The largest absolute Gasteiger partial charge is 0.464 e. The fraction of sp³-hybridized carbons (Fsp3) is 0.889. The van der Waals surface area contributed by atoms with Gasteiger partial charge in [-0.05, 0) is 18.8 Å². The van der Waals surface area contributed by atoms with Gasteiger partial charge in [0, 0.05) is 18.1 Å². The number of esters is 1. The second kappa shape index (κ2) is 4.33. The van der Waals surface area contributed by atoms with Gasteiger partial charge in [0.2, 0.25) is 0 Å². The Kier molecular flexibility index (Phi) is 3.11. The third kappa shape index (κ3) is 2.88. The molecule has 2 rings (SSSR count). The summed E-state index contributed by atoms with van der Waals surface area (Å²) in [4.78, 5) is 11.4. The molecule has 74 valence electrons. The number of carbonyl (C=O) groups excluding carboxylic acids is 1. The molecule has 1 aliphatic heterocycles. The summed E-state index contributed by atoms with van der Waals surface area (Å²) in [7, 11) is 0. The molecular weight excluding hydrogens is 186 g/mol. The molecule has 1 saturated carbocycles. The van der Waals surface area contributed by atoms with E-state index in [-0.39, 0.29) is 12.0 Å². The van der Waals surface area contributed by atoms with Crippen molar-refractivity contribution in [2.75, 3.05) is 24.7 Å². The Morgan fingerprint density at radius 3 is 3.00 bits per heavy atom. The van der Waals surface area contributed by atoms with Gasteiger partial charge in [-0.2, -0.15) is 11.8 Å². The van der Waals surface area contributed by atoms with Crippen molar-refractivity contribution in [2.45, 2.75) is 18.9 Å². The van der Waals surface area contributed by atoms with Gasteiger partial charge in [0.1, 0.15) is 6.04 Å². The van der Waals surface area contributed by atoms with Crippen molar-refractivity contribution < 1.29 is 9.53 Å². The minimum Gasteiger partial charge on any atom is -0.464 e. The van der Waals surface area contributed by atoms with Gasteiger partial charge in [-0.25, -0.2) is 0 Å². The van der Waals surface area contributed by atoms with Crippen LogP contribution in [0.4, 0.5) is 0 Å². The van der Waals surface area contributed by atoms with Crippen LogP contribution in [0.25, 0.3) is 0 Å². The predicted molar refractivity (Wildman–Crippen MR) is 52.8 cm³/mol. The number of rotatable bonds is 3. The summed E-state index contributed by atoms with van der Waals surface area (Å²) in [5.41, 5.74) is 0. The molecule has 0 bridgehead atoms. The predicted octanol–water partition coefficient (Wildman–Crippen LogP) is 0.645. The molecule has 13 heavy (non-hydrogen) atoms. The monoisotopic (exact) mass is 201 g/mol. The van der Waals surface area contributed by atoms with Gasteiger partial charge in [0.25, 0.3) is 0 Å². The Morgan fingerprint density at radius 2 is 2.38 bits per heavy atom. The highest BCUT2D eigenvalue weighted by Gasteiger charge is 2.26. The van der Waals surface area contributed by atoms with E-state index < -0.39 is 0 Å². The van der Waals surface area contributed by atoms with Crippen LogP contribution < -0.4 is 5.32 Å². The number of thioether (sulfide) groups is 1. The Morgan fingerprint density at radius 1 is 1.54 bits per heavy atom. The van der Waals surface area contributed by atoms with Crippen LogP contribution in [-0.4, -0.2) is 36.7 Å². The molecule has 4 heteroatoms. The summed E-state index contributed by atoms with van der Waals surface area (Å²) in [6, 6.07) is -0.0579. The topological polar surface area (TPSA) is 38.3 Å². The molecule has 1 aliphatic carbocycles. The van der Waals surface area contributed by atoms with E-state index in [1.165, 1.54) is 12.8 Å². The fourth-order valence-corrected chi connectivity index (χ4v) is 2.22. The number of nitrogens with one attached hydrogen (secondary N) is 1. The molecule has 1 atom stereocenters. The Hall–Kier alpha value is -0.220. The average Bonchev–Trinajstić information content (AvgIpc) is 2.99. The first-order valence-electron chi connectivity index (χ1n) is 4.84. The zero-order valence-corrected chi connectivity index (χ0v) is 8.44. The molecule has 0 radical (unpaired) electrons. The summed E-state index contributed by atoms with van der Waals surface area (Å²) >= 11 is 1.82. The summed E-state index contributed by atoms with van der Waals surface area (Å²) in [6.45, 7) is 1.57. The molecular formula is C9H15NO2S. The first kappa shape index (κ1) is 9.34. The van der Waals surface area contributed by atoms with E-state index in [1.807, 2.05) is 11.8 Å². The summed E-state index contributed by atoms with van der Waals surface area (Å²) in [6.07, 6.45) is 2.47. The first-order valence-corrected chi connectivity index (χ1v) is 5.99. The third-order valence-corrected chi connectivity index (χ3v) is 3.43. The molecule has 0 aromatic carbocycles. The van der Waals surface area contributed by atoms with Crippen molar-refractivity contribution in [3.8, 4) is 0 Å². The summed E-state index contributed by atoms with van der Waals surface area (Å²) in [5.74, 6) is 2.58. The first-order chi connectivity index (χ1) is 6.36. The van der Waals surface area contributed by atoms with Crippen molar-refractivity contribution in [1.82, 2.24) is 5.32 Å². The Labute approximate surface area is 82.6 Å². The minimum absolute atomic E-state index is 0.0564. The van der Waals surface area contributed by atoms with Gasteiger partial charge in [0.15, 0.2) is 0 Å². The lowest BCUT2D eigenvalue weighted by atomic mass is 10.3. The zero-order valence-electron chi connectivity index (χ0n) is 7.62. The molecule has 3 nitrogen and oxygen atoms in total. The molecule has 1 unspecified atom stereocenters. The van der Waals surface area contributed by atoms with Gasteiger partial charge < -0.3 is 10.1 Å². The number of ether oxygens (including phenoxy) is 1. The van der Waals surface area contributed by atoms with Crippen LogP contribution in [0.5, 0.6) is 0 Å². The van der Waals surface area contributed by atoms with E-state index in [1.54, 1.807) is 0 Å². The normalized spacial score (nSPS) is 28.5. The van der Waals surface area contributed by atoms with E-state index in [0.29, 0.717) is 12.5 Å². The van der Waals surface area contributed by atoms with Crippen molar-refractivity contribution in [1.29, 1.82) is 0 Å². The van der Waals surface area contributed by atoms with E-state index in [0.717, 1.165) is 18.1 Å². The standard InChI is InChI=1S/C9H15NO2S/c11-9(12-5-7-1-2-7)8-6-13-4-3-10-8/h7-8,10H,1-6H2. The van der Waals surface area contributed by atoms with E-state index >= 15 is 0 Å². The Bertz CT molecular complexity index is 188. The zero-order chi connectivity index (χ0) is 9.10. The van der Waals surface area contributed by atoms with Crippen molar-refractivity contribution in [3.63, 3.8) is 0 Å². The van der Waals surface area contributed by atoms with Crippen LogP contribution in [0.15, 0.2) is 0 Å². The maximum Gasteiger partial charge on any atom is 0.324 e. The lowest BCUT2D eigenvalue weighted by molar-refractivity contribution is -0.146. The quantitative estimate of drug-likeness (QED) is 0.680. The highest BCUT2D eigenvalue weighted by Crippen LogP contribution is 2.28. The van der Waals surface area contributed by atoms with Crippen molar-refractivity contribution >= 4 is 17.7 Å². The van der Waals surface area contributed by atoms with Crippen LogP contribution in [0, 0.1) is 5.92 Å². The molecule has 1 N–H and O–H groups in total. The average molecular weight is 201 g/mol.